The standard InChI is InChI=1S/C17H16BrNO4/c1-2-22-17(21)12-7-8-16(15(9-12)19-11-20)23-10-13-5-3-4-6-14(13)18/h3-9,11H,2,10H2,1H3,(H,19,20). The molecular formula is C17H16BrNO4. The fourth-order valence-electron chi connectivity index (χ4n) is 1.94. The Labute approximate surface area is 142 Å². The summed E-state index contributed by atoms with van der Waals surface area (Å²) >= 11 is 3.45. The normalized spacial score (nSPS) is 10.0. The van der Waals surface area contributed by atoms with Crippen molar-refractivity contribution in [2.24, 2.45) is 0 Å². The van der Waals surface area contributed by atoms with Crippen molar-refractivity contribution in [1.29, 1.82) is 0 Å². The molecular weight excluding hydrogens is 362 g/mol. The van der Waals surface area contributed by atoms with E-state index < -0.39 is 5.97 Å². The number of hydrogen-bond acceptors (Lipinski definition) is 4. The monoisotopic (exact) mass is 377 g/mol. The van der Waals surface area contributed by atoms with Gasteiger partial charge in [0.25, 0.3) is 0 Å². The minimum atomic E-state index is -0.446. The second-order valence-electron chi connectivity index (χ2n) is 4.57. The number of benzene rings is 2. The quantitative estimate of drug-likeness (QED) is 0.589. The first kappa shape index (κ1) is 17.0. The van der Waals surface area contributed by atoms with E-state index in [1.807, 2.05) is 24.3 Å². The van der Waals surface area contributed by atoms with Crippen LogP contribution in [0.1, 0.15) is 22.8 Å². The van der Waals surface area contributed by atoms with Gasteiger partial charge in [0.05, 0.1) is 17.9 Å². The molecule has 120 valence electrons. The van der Waals surface area contributed by atoms with Crippen molar-refractivity contribution in [2.75, 3.05) is 11.9 Å². The van der Waals surface area contributed by atoms with E-state index in [1.165, 1.54) is 6.07 Å². The molecule has 0 atom stereocenters. The summed E-state index contributed by atoms with van der Waals surface area (Å²) < 4.78 is 11.6. The Balaban J connectivity index is 2.19. The molecule has 6 heteroatoms. The Morgan fingerprint density at radius 3 is 2.74 bits per heavy atom. The Morgan fingerprint density at radius 1 is 1.26 bits per heavy atom. The maximum atomic E-state index is 11.8. The molecule has 5 nitrogen and oxygen atoms in total. The summed E-state index contributed by atoms with van der Waals surface area (Å²) in [6, 6.07) is 12.5. The van der Waals surface area contributed by atoms with E-state index in [9.17, 15) is 9.59 Å². The number of esters is 1. The first-order valence-electron chi connectivity index (χ1n) is 7.03. The molecule has 2 aromatic rings. The minimum absolute atomic E-state index is 0.287. The number of amides is 1. The summed E-state index contributed by atoms with van der Waals surface area (Å²) in [5.41, 5.74) is 1.74. The summed E-state index contributed by atoms with van der Waals surface area (Å²) in [6.45, 7) is 2.35. The van der Waals surface area contributed by atoms with E-state index in [0.29, 0.717) is 30.0 Å². The third-order valence-corrected chi connectivity index (χ3v) is 3.82. The summed E-state index contributed by atoms with van der Waals surface area (Å²) in [6.07, 6.45) is 0.537. The van der Waals surface area contributed by atoms with Crippen molar-refractivity contribution in [3.8, 4) is 5.75 Å². The Hall–Kier alpha value is -2.34. The predicted octanol–water partition coefficient (Wildman–Crippen LogP) is 3.77. The summed E-state index contributed by atoms with van der Waals surface area (Å²) in [4.78, 5) is 22.5. The lowest BCUT2D eigenvalue weighted by Crippen LogP contribution is -2.07. The number of ether oxygens (including phenoxy) is 2. The van der Waals surface area contributed by atoms with Crippen LogP contribution in [0.15, 0.2) is 46.9 Å². The molecule has 0 radical (unpaired) electrons. The molecule has 2 aromatic carbocycles. The average Bonchev–Trinajstić information content (AvgIpc) is 2.55. The Morgan fingerprint density at radius 2 is 2.04 bits per heavy atom. The second kappa shape index (κ2) is 8.33. The minimum Gasteiger partial charge on any atom is -0.487 e. The van der Waals surface area contributed by atoms with Crippen molar-refractivity contribution in [3.63, 3.8) is 0 Å². The van der Waals surface area contributed by atoms with Crippen molar-refractivity contribution in [3.05, 3.63) is 58.1 Å². The molecule has 1 amide bonds. The van der Waals surface area contributed by atoms with E-state index in [0.717, 1.165) is 10.0 Å². The van der Waals surface area contributed by atoms with Gasteiger partial charge in [-0.05, 0) is 31.2 Å². The molecule has 0 saturated carbocycles. The molecule has 0 aliphatic rings. The summed E-state index contributed by atoms with van der Waals surface area (Å²) in [5, 5.41) is 2.54. The Kier molecular flexibility index (Phi) is 6.17. The fourth-order valence-corrected chi connectivity index (χ4v) is 2.34. The van der Waals surface area contributed by atoms with Crippen molar-refractivity contribution in [2.45, 2.75) is 13.5 Å². The zero-order chi connectivity index (χ0) is 16.7. The highest BCUT2D eigenvalue weighted by Crippen LogP contribution is 2.27. The van der Waals surface area contributed by atoms with E-state index in [2.05, 4.69) is 21.2 Å². The largest absolute Gasteiger partial charge is 0.487 e. The van der Waals surface area contributed by atoms with Gasteiger partial charge in [0.15, 0.2) is 0 Å². The van der Waals surface area contributed by atoms with Gasteiger partial charge in [-0.25, -0.2) is 4.79 Å². The lowest BCUT2D eigenvalue weighted by molar-refractivity contribution is -0.105. The lowest BCUT2D eigenvalue weighted by atomic mass is 10.2. The highest BCUT2D eigenvalue weighted by molar-refractivity contribution is 9.10. The average molecular weight is 378 g/mol. The van der Waals surface area contributed by atoms with Crippen molar-refractivity contribution >= 4 is 34.0 Å². The number of carbonyl (C=O) groups excluding carboxylic acids is 2. The van der Waals surface area contributed by atoms with Gasteiger partial charge >= 0.3 is 5.97 Å². The van der Waals surface area contributed by atoms with Crippen LogP contribution in [0.25, 0.3) is 0 Å². The summed E-state index contributed by atoms with van der Waals surface area (Å²) in [5.74, 6) is 0.0275. The maximum Gasteiger partial charge on any atom is 0.338 e. The van der Waals surface area contributed by atoms with Crippen LogP contribution >= 0.6 is 15.9 Å². The highest BCUT2D eigenvalue weighted by Gasteiger charge is 2.12. The van der Waals surface area contributed by atoms with Gasteiger partial charge in [-0.3, -0.25) is 4.79 Å². The molecule has 0 spiro atoms. The molecule has 0 saturated heterocycles. The fraction of sp³-hybridized carbons (Fsp3) is 0.176. The van der Waals surface area contributed by atoms with E-state index in [1.54, 1.807) is 19.1 Å². The number of hydrogen-bond donors (Lipinski definition) is 1. The maximum absolute atomic E-state index is 11.8. The van der Waals surface area contributed by atoms with Crippen LogP contribution in [0.3, 0.4) is 0 Å². The van der Waals surface area contributed by atoms with Crippen LogP contribution in [0.2, 0.25) is 0 Å². The molecule has 0 unspecified atom stereocenters. The molecule has 0 aliphatic carbocycles. The van der Waals surface area contributed by atoms with Crippen molar-refractivity contribution < 1.29 is 19.1 Å². The number of halogens is 1. The number of carbonyl (C=O) groups is 2. The highest BCUT2D eigenvalue weighted by atomic mass is 79.9. The SMILES string of the molecule is CCOC(=O)c1ccc(OCc2ccccc2Br)c(NC=O)c1. The molecule has 0 bridgehead atoms. The second-order valence-corrected chi connectivity index (χ2v) is 5.43. The molecule has 0 fully saturated rings. The molecule has 2 rings (SSSR count). The Bertz CT molecular complexity index is 703. The van der Waals surface area contributed by atoms with E-state index in [-0.39, 0.29) is 6.61 Å². The van der Waals surface area contributed by atoms with Crippen LogP contribution in [-0.2, 0) is 16.1 Å². The van der Waals surface area contributed by atoms with Gasteiger partial charge in [0, 0.05) is 10.0 Å². The molecule has 1 N–H and O–H groups in total. The van der Waals surface area contributed by atoms with Crippen LogP contribution in [-0.4, -0.2) is 19.0 Å². The van der Waals surface area contributed by atoms with Gasteiger partial charge in [-0.1, -0.05) is 34.1 Å². The molecule has 0 aromatic heterocycles. The zero-order valence-electron chi connectivity index (χ0n) is 12.5. The third-order valence-electron chi connectivity index (χ3n) is 3.05. The number of nitrogens with one attached hydrogen (secondary N) is 1. The van der Waals surface area contributed by atoms with Gasteiger partial charge in [-0.2, -0.15) is 0 Å². The lowest BCUT2D eigenvalue weighted by Gasteiger charge is -2.13. The topological polar surface area (TPSA) is 64.6 Å². The van der Waals surface area contributed by atoms with Gasteiger partial charge in [0.2, 0.25) is 6.41 Å². The van der Waals surface area contributed by atoms with Gasteiger partial charge in [0.1, 0.15) is 12.4 Å². The van der Waals surface area contributed by atoms with Crippen LogP contribution in [0.5, 0.6) is 5.75 Å². The zero-order valence-corrected chi connectivity index (χ0v) is 14.1. The molecule has 23 heavy (non-hydrogen) atoms. The number of rotatable bonds is 7. The van der Waals surface area contributed by atoms with E-state index >= 15 is 0 Å². The molecule has 0 heterocycles. The van der Waals surface area contributed by atoms with Crippen LogP contribution < -0.4 is 10.1 Å². The van der Waals surface area contributed by atoms with Crippen LogP contribution in [0, 0.1) is 0 Å². The van der Waals surface area contributed by atoms with Crippen LogP contribution in [0.4, 0.5) is 5.69 Å². The van der Waals surface area contributed by atoms with Crippen molar-refractivity contribution in [1.82, 2.24) is 0 Å². The van der Waals surface area contributed by atoms with Gasteiger partial charge < -0.3 is 14.8 Å². The summed E-state index contributed by atoms with van der Waals surface area (Å²) in [7, 11) is 0. The van der Waals surface area contributed by atoms with Gasteiger partial charge in [-0.15, -0.1) is 0 Å². The third kappa shape index (κ3) is 4.56. The van der Waals surface area contributed by atoms with E-state index in [4.69, 9.17) is 9.47 Å². The first-order chi connectivity index (χ1) is 11.2. The predicted molar refractivity (Wildman–Crippen MR) is 90.6 cm³/mol. The smallest absolute Gasteiger partial charge is 0.338 e. The first-order valence-corrected chi connectivity index (χ1v) is 7.82. The number of anilines is 1. The molecule has 0 aliphatic heterocycles.